The van der Waals surface area contributed by atoms with Crippen LogP contribution in [0.4, 0.5) is 0 Å². The molecule has 1 aromatic heterocycles. The Morgan fingerprint density at radius 2 is 1.68 bits per heavy atom. The second-order valence-electron chi connectivity index (χ2n) is 7.33. The van der Waals surface area contributed by atoms with Crippen LogP contribution in [0.3, 0.4) is 0 Å². The molecule has 1 nitrogen and oxygen atoms in total. The van der Waals surface area contributed by atoms with Crippen LogP contribution in [-0.2, 0) is 0 Å². The van der Waals surface area contributed by atoms with Gasteiger partial charge in [0.25, 0.3) is 0 Å². The van der Waals surface area contributed by atoms with Gasteiger partial charge in [-0.25, -0.2) is 4.98 Å². The lowest BCUT2D eigenvalue weighted by Crippen LogP contribution is -2.13. The molecule has 2 aromatic rings. The molecular formula is C22H27Cl2N. The molecule has 1 aliphatic carbocycles. The maximum Gasteiger partial charge on any atom is 0.147 e. The molecule has 0 bridgehead atoms. The van der Waals surface area contributed by atoms with E-state index in [0.717, 1.165) is 23.0 Å². The third-order valence-corrected chi connectivity index (χ3v) is 6.26. The van der Waals surface area contributed by atoms with E-state index in [9.17, 15) is 0 Å². The van der Waals surface area contributed by atoms with Crippen LogP contribution in [0.25, 0.3) is 11.1 Å². The zero-order valence-corrected chi connectivity index (χ0v) is 16.5. The third-order valence-electron chi connectivity index (χ3n) is 5.57. The third kappa shape index (κ3) is 4.99. The lowest BCUT2D eigenvalue weighted by atomic mass is 9.77. The van der Waals surface area contributed by atoms with E-state index in [-0.39, 0.29) is 0 Å². The molecule has 0 amide bonds. The monoisotopic (exact) mass is 375 g/mol. The van der Waals surface area contributed by atoms with Crippen molar-refractivity contribution in [2.75, 3.05) is 0 Å². The van der Waals surface area contributed by atoms with Crippen molar-refractivity contribution in [1.82, 2.24) is 4.98 Å². The van der Waals surface area contributed by atoms with Gasteiger partial charge in [0.15, 0.2) is 0 Å². The van der Waals surface area contributed by atoms with Crippen LogP contribution in [0.15, 0.2) is 36.5 Å². The number of nitrogens with zero attached hydrogens (tertiary/aromatic N) is 1. The molecule has 0 atom stereocenters. The summed E-state index contributed by atoms with van der Waals surface area (Å²) in [5.41, 5.74) is 3.63. The highest BCUT2D eigenvalue weighted by Crippen LogP contribution is 2.38. The summed E-state index contributed by atoms with van der Waals surface area (Å²) in [7, 11) is 0. The minimum Gasteiger partial charge on any atom is -0.242 e. The van der Waals surface area contributed by atoms with Gasteiger partial charge in [-0.05, 0) is 54.7 Å². The van der Waals surface area contributed by atoms with Crippen molar-refractivity contribution >= 4 is 23.2 Å². The molecule has 0 radical (unpaired) electrons. The summed E-state index contributed by atoms with van der Waals surface area (Å²) >= 11 is 12.0. The van der Waals surface area contributed by atoms with Crippen LogP contribution in [0.2, 0.25) is 10.2 Å². The molecule has 0 aliphatic heterocycles. The molecule has 1 fully saturated rings. The topological polar surface area (TPSA) is 12.9 Å². The molecule has 1 heterocycles. The summed E-state index contributed by atoms with van der Waals surface area (Å²) in [4.78, 5) is 4.14. The molecule has 25 heavy (non-hydrogen) atoms. The van der Waals surface area contributed by atoms with E-state index in [1.165, 1.54) is 56.9 Å². The number of benzene rings is 1. The Morgan fingerprint density at radius 1 is 0.960 bits per heavy atom. The maximum absolute atomic E-state index is 6.08. The molecule has 0 saturated heterocycles. The summed E-state index contributed by atoms with van der Waals surface area (Å²) in [6, 6.07) is 10.8. The Balaban J connectivity index is 1.59. The summed E-state index contributed by atoms with van der Waals surface area (Å²) in [5, 5.41) is 0.863. The minimum atomic E-state index is 0.359. The van der Waals surface area contributed by atoms with Crippen molar-refractivity contribution < 1.29 is 0 Å². The Labute approximate surface area is 161 Å². The van der Waals surface area contributed by atoms with E-state index in [1.54, 1.807) is 6.20 Å². The van der Waals surface area contributed by atoms with E-state index in [1.807, 2.05) is 6.07 Å². The Bertz CT molecular complexity index is 673. The van der Waals surface area contributed by atoms with Gasteiger partial charge in [-0.1, -0.05) is 80.1 Å². The van der Waals surface area contributed by atoms with E-state index >= 15 is 0 Å². The van der Waals surface area contributed by atoms with Gasteiger partial charge in [0.1, 0.15) is 5.15 Å². The smallest absolute Gasteiger partial charge is 0.147 e. The van der Waals surface area contributed by atoms with Gasteiger partial charge < -0.3 is 0 Å². The van der Waals surface area contributed by atoms with Crippen LogP contribution in [0.1, 0.15) is 69.8 Å². The first-order valence-electron chi connectivity index (χ1n) is 9.58. The van der Waals surface area contributed by atoms with Gasteiger partial charge in [-0.2, -0.15) is 0 Å². The van der Waals surface area contributed by atoms with Gasteiger partial charge in [0.05, 0.1) is 5.02 Å². The first-order chi connectivity index (χ1) is 12.2. The molecule has 3 heteroatoms. The Hall–Kier alpha value is -1.05. The lowest BCUT2D eigenvalue weighted by Gasteiger charge is -2.29. The fourth-order valence-corrected chi connectivity index (χ4v) is 4.26. The number of aromatic nitrogens is 1. The fraction of sp³-hybridized carbons (Fsp3) is 0.500. The number of halogens is 2. The highest BCUT2D eigenvalue weighted by molar-refractivity contribution is 6.41. The standard InChI is InChI=1S/C22H27Cl2N/c1-2-3-4-5-16-6-8-17(9-7-16)18-10-12-19(13-11-18)20-14-21(23)22(24)25-15-20/h10-17H,2-9H2,1H3. The largest absolute Gasteiger partial charge is 0.242 e. The fourth-order valence-electron chi connectivity index (χ4n) is 3.99. The highest BCUT2D eigenvalue weighted by atomic mass is 35.5. The molecule has 0 spiro atoms. The molecule has 1 aromatic carbocycles. The number of rotatable bonds is 6. The summed E-state index contributed by atoms with van der Waals surface area (Å²) in [5.74, 6) is 1.69. The zero-order chi connectivity index (χ0) is 17.6. The lowest BCUT2D eigenvalue weighted by molar-refractivity contribution is 0.303. The van der Waals surface area contributed by atoms with Gasteiger partial charge in [-0.3, -0.25) is 0 Å². The van der Waals surface area contributed by atoms with Crippen LogP contribution >= 0.6 is 23.2 Å². The predicted octanol–water partition coefficient (Wildman–Crippen LogP) is 7.91. The van der Waals surface area contributed by atoms with Gasteiger partial charge >= 0.3 is 0 Å². The zero-order valence-electron chi connectivity index (χ0n) is 15.0. The molecule has 1 saturated carbocycles. The van der Waals surface area contributed by atoms with Crippen molar-refractivity contribution in [3.63, 3.8) is 0 Å². The molecule has 0 N–H and O–H groups in total. The summed E-state index contributed by atoms with van der Waals surface area (Å²) < 4.78 is 0. The number of unbranched alkanes of at least 4 members (excludes halogenated alkanes) is 2. The first kappa shape index (κ1) is 18.7. The average Bonchev–Trinajstić information content (AvgIpc) is 2.65. The Kier molecular flexibility index (Phi) is 6.78. The predicted molar refractivity (Wildman–Crippen MR) is 109 cm³/mol. The van der Waals surface area contributed by atoms with Crippen LogP contribution in [-0.4, -0.2) is 4.98 Å². The van der Waals surface area contributed by atoms with Crippen molar-refractivity contribution in [1.29, 1.82) is 0 Å². The molecular weight excluding hydrogens is 349 g/mol. The highest BCUT2D eigenvalue weighted by Gasteiger charge is 2.22. The van der Waals surface area contributed by atoms with E-state index in [2.05, 4.69) is 36.2 Å². The molecule has 3 rings (SSSR count). The SMILES string of the molecule is CCCCCC1CCC(c2ccc(-c3cnc(Cl)c(Cl)c3)cc2)CC1. The van der Waals surface area contributed by atoms with E-state index < -0.39 is 0 Å². The van der Waals surface area contributed by atoms with Crippen LogP contribution in [0.5, 0.6) is 0 Å². The first-order valence-corrected chi connectivity index (χ1v) is 10.3. The van der Waals surface area contributed by atoms with Crippen molar-refractivity contribution in [3.8, 4) is 11.1 Å². The van der Waals surface area contributed by atoms with Crippen LogP contribution < -0.4 is 0 Å². The quantitative estimate of drug-likeness (QED) is 0.369. The minimum absolute atomic E-state index is 0.359. The normalized spacial score (nSPS) is 20.6. The summed E-state index contributed by atoms with van der Waals surface area (Å²) in [6.07, 6.45) is 12.8. The maximum atomic E-state index is 6.08. The van der Waals surface area contributed by atoms with Gasteiger partial charge in [0, 0.05) is 11.8 Å². The van der Waals surface area contributed by atoms with E-state index in [4.69, 9.17) is 23.2 Å². The number of pyridine rings is 1. The van der Waals surface area contributed by atoms with Crippen molar-refractivity contribution in [2.24, 2.45) is 5.92 Å². The Morgan fingerprint density at radius 3 is 2.32 bits per heavy atom. The molecule has 1 aliphatic rings. The molecule has 134 valence electrons. The van der Waals surface area contributed by atoms with Crippen molar-refractivity contribution in [3.05, 3.63) is 52.3 Å². The second kappa shape index (κ2) is 9.05. The van der Waals surface area contributed by atoms with Gasteiger partial charge in [0.2, 0.25) is 0 Å². The second-order valence-corrected chi connectivity index (χ2v) is 8.10. The molecule has 0 unspecified atom stereocenters. The number of hydrogen-bond acceptors (Lipinski definition) is 1. The van der Waals surface area contributed by atoms with E-state index in [0.29, 0.717) is 10.2 Å². The summed E-state index contributed by atoms with van der Waals surface area (Å²) in [6.45, 7) is 2.29. The average molecular weight is 376 g/mol. The number of hydrogen-bond donors (Lipinski definition) is 0. The van der Waals surface area contributed by atoms with Crippen molar-refractivity contribution in [2.45, 2.75) is 64.2 Å². The van der Waals surface area contributed by atoms with Gasteiger partial charge in [-0.15, -0.1) is 0 Å². The van der Waals surface area contributed by atoms with Crippen LogP contribution in [0, 0.1) is 5.92 Å².